The zero-order valence-electron chi connectivity index (χ0n) is 27.8. The first-order valence-electron chi connectivity index (χ1n) is 16.9. The summed E-state index contributed by atoms with van der Waals surface area (Å²) in [6, 6.07) is 0. The van der Waals surface area contributed by atoms with Crippen LogP contribution in [-0.4, -0.2) is 37.5 Å². The van der Waals surface area contributed by atoms with Crippen molar-refractivity contribution in [1.82, 2.24) is 10.6 Å². The zero-order chi connectivity index (χ0) is 30.8. The lowest BCUT2D eigenvalue weighted by Crippen LogP contribution is -2.65. The first-order valence-corrected chi connectivity index (χ1v) is 16.9. The minimum atomic E-state index is -0.485. The summed E-state index contributed by atoms with van der Waals surface area (Å²) < 4.78 is 5.66. The summed E-state index contributed by atoms with van der Waals surface area (Å²) in [6.45, 7) is 19.6. The first-order chi connectivity index (χ1) is 19.5. The monoisotopic (exact) mass is 582 g/mol. The summed E-state index contributed by atoms with van der Waals surface area (Å²) in [5.74, 6) is 1.32. The van der Waals surface area contributed by atoms with E-state index >= 15 is 0 Å². The van der Waals surface area contributed by atoms with Gasteiger partial charge >= 0.3 is 0 Å². The number of hydrogen-bond acceptors (Lipinski definition) is 4. The van der Waals surface area contributed by atoms with Gasteiger partial charge in [-0.3, -0.25) is 14.4 Å². The molecule has 2 amide bonds. The number of hydrogen-bond donors (Lipinski definition) is 2. The van der Waals surface area contributed by atoms with Gasteiger partial charge in [-0.2, -0.15) is 0 Å². The number of ether oxygens (including phenoxy) is 1. The maximum atomic E-state index is 14.5. The average Bonchev–Trinajstić information content (AvgIpc) is 2.89. The van der Waals surface area contributed by atoms with Crippen molar-refractivity contribution in [2.75, 3.05) is 19.9 Å². The van der Waals surface area contributed by atoms with Gasteiger partial charge in [0.1, 0.15) is 6.73 Å². The van der Waals surface area contributed by atoms with Crippen LogP contribution in [0.3, 0.4) is 0 Å². The molecule has 0 aliphatic heterocycles. The van der Waals surface area contributed by atoms with Gasteiger partial charge in [-0.25, -0.2) is 0 Å². The fourth-order valence-corrected chi connectivity index (χ4v) is 11.3. The summed E-state index contributed by atoms with van der Waals surface area (Å²) in [7, 11) is 0. The normalized spacial score (nSPS) is 44.0. The Morgan fingerprint density at radius 1 is 0.929 bits per heavy atom. The van der Waals surface area contributed by atoms with Crippen molar-refractivity contribution in [3.8, 4) is 0 Å². The molecule has 4 saturated carbocycles. The minimum absolute atomic E-state index is 0.0168. The van der Waals surface area contributed by atoms with Crippen molar-refractivity contribution in [2.24, 2.45) is 50.2 Å². The number of rotatable bonds is 7. The number of carbonyl (C=O) groups excluding carboxylic acids is 3. The molecule has 5 aliphatic carbocycles. The SMILES string of the molecule is CC(=O)NCCCOCNC(=O)[C@@]1(C)CC[C@]2(C)CC[C@]3(C)C(=CC(=O)[C@@H]4[C@@]5(C)CCCC(C)(C)C5CC[C@]43C)[C@@H]2C1. The number of ketones is 1. The number of carbonyl (C=O) groups is 3. The molecular weight excluding hydrogens is 524 g/mol. The third-order valence-corrected chi connectivity index (χ3v) is 14.0. The van der Waals surface area contributed by atoms with E-state index in [9.17, 15) is 14.4 Å². The highest BCUT2D eigenvalue weighted by Gasteiger charge is 2.69. The van der Waals surface area contributed by atoms with Gasteiger partial charge < -0.3 is 15.4 Å². The van der Waals surface area contributed by atoms with Crippen molar-refractivity contribution in [1.29, 1.82) is 0 Å². The van der Waals surface area contributed by atoms with E-state index in [1.165, 1.54) is 44.6 Å². The summed E-state index contributed by atoms with van der Waals surface area (Å²) in [5.41, 5.74) is 1.29. The van der Waals surface area contributed by atoms with Gasteiger partial charge in [0, 0.05) is 24.8 Å². The quantitative estimate of drug-likeness (QED) is 0.251. The van der Waals surface area contributed by atoms with E-state index in [-0.39, 0.29) is 52.0 Å². The first kappa shape index (κ1) is 31.7. The van der Waals surface area contributed by atoms with Crippen molar-refractivity contribution < 1.29 is 19.1 Å². The molecule has 5 aliphatic rings. The lowest BCUT2D eigenvalue weighted by atomic mass is 9.33. The van der Waals surface area contributed by atoms with E-state index in [4.69, 9.17) is 4.74 Å². The van der Waals surface area contributed by atoms with Crippen LogP contribution >= 0.6 is 0 Å². The van der Waals surface area contributed by atoms with Gasteiger partial charge in [0.15, 0.2) is 5.78 Å². The molecule has 0 spiro atoms. The van der Waals surface area contributed by atoms with E-state index in [2.05, 4.69) is 65.2 Å². The van der Waals surface area contributed by atoms with Crippen molar-refractivity contribution >= 4 is 17.6 Å². The molecule has 4 fully saturated rings. The molecular formula is C36H58N2O4. The summed E-state index contributed by atoms with van der Waals surface area (Å²) in [4.78, 5) is 39.1. The van der Waals surface area contributed by atoms with Crippen molar-refractivity contribution in [2.45, 2.75) is 126 Å². The number of amides is 2. The fourth-order valence-electron chi connectivity index (χ4n) is 11.3. The standard InChI is InChI=1S/C36H58N2O4/c1-24(39)37-19-10-20-42-23-38-30(41)33(5)16-15-32(4)17-18-35(7)25(26(32)22-33)21-27(40)29-34(6)13-9-12-31(2,3)28(34)11-14-36(29,35)8/h21,26,28-29H,9-20,22-23H2,1-8H3,(H,37,39)(H,38,41)/t26-,28?,29+,32+,33-,34-,35+,36+/m0/s1. The Bertz CT molecular complexity index is 1150. The fraction of sp³-hybridized carbons (Fsp3) is 0.861. The maximum absolute atomic E-state index is 14.5. The third-order valence-electron chi connectivity index (χ3n) is 14.0. The smallest absolute Gasteiger partial charge is 0.227 e. The Labute approximate surface area is 254 Å². The minimum Gasteiger partial charge on any atom is -0.361 e. The average molecular weight is 583 g/mol. The molecule has 5 rings (SSSR count). The lowest BCUT2D eigenvalue weighted by Gasteiger charge is -2.70. The van der Waals surface area contributed by atoms with Gasteiger partial charge in [0.2, 0.25) is 11.8 Å². The molecule has 2 N–H and O–H groups in total. The molecule has 0 radical (unpaired) electrons. The maximum Gasteiger partial charge on any atom is 0.227 e. The van der Waals surface area contributed by atoms with E-state index in [0.29, 0.717) is 36.7 Å². The Kier molecular flexibility index (Phi) is 8.11. The Hall–Kier alpha value is -1.69. The molecule has 0 aromatic heterocycles. The number of fused-ring (bicyclic) bond motifs is 7. The molecule has 236 valence electrons. The number of allylic oxidation sites excluding steroid dienone is 2. The Morgan fingerprint density at radius 2 is 1.64 bits per heavy atom. The Balaban J connectivity index is 1.36. The van der Waals surface area contributed by atoms with Crippen molar-refractivity contribution in [3.63, 3.8) is 0 Å². The van der Waals surface area contributed by atoms with Gasteiger partial charge in [-0.15, -0.1) is 0 Å². The molecule has 0 aromatic rings. The van der Waals surface area contributed by atoms with Gasteiger partial charge in [0.05, 0.1) is 6.61 Å². The molecule has 0 heterocycles. The molecule has 6 heteroatoms. The zero-order valence-corrected chi connectivity index (χ0v) is 27.8. The van der Waals surface area contributed by atoms with Crippen LogP contribution in [0.1, 0.15) is 126 Å². The molecule has 0 aromatic carbocycles. The van der Waals surface area contributed by atoms with Gasteiger partial charge in [0.25, 0.3) is 0 Å². The predicted molar refractivity (Wildman–Crippen MR) is 166 cm³/mol. The van der Waals surface area contributed by atoms with Crippen LogP contribution in [0.5, 0.6) is 0 Å². The van der Waals surface area contributed by atoms with Gasteiger partial charge in [-0.05, 0) is 109 Å². The highest BCUT2D eigenvalue weighted by Crippen LogP contribution is 2.75. The highest BCUT2D eigenvalue weighted by atomic mass is 16.5. The second-order valence-electron chi connectivity index (χ2n) is 17.0. The van der Waals surface area contributed by atoms with Crippen LogP contribution in [0.15, 0.2) is 11.6 Å². The van der Waals surface area contributed by atoms with Crippen LogP contribution < -0.4 is 10.6 Å². The van der Waals surface area contributed by atoms with Gasteiger partial charge in [-0.1, -0.05) is 60.5 Å². The molecule has 0 saturated heterocycles. The predicted octanol–water partition coefficient (Wildman–Crippen LogP) is 6.97. The molecule has 1 unspecified atom stereocenters. The van der Waals surface area contributed by atoms with Crippen LogP contribution in [0, 0.1) is 50.2 Å². The van der Waals surface area contributed by atoms with Crippen LogP contribution in [-0.2, 0) is 19.1 Å². The van der Waals surface area contributed by atoms with E-state index in [1.54, 1.807) is 0 Å². The second kappa shape index (κ2) is 10.7. The van der Waals surface area contributed by atoms with E-state index < -0.39 is 5.41 Å². The molecule has 42 heavy (non-hydrogen) atoms. The number of nitrogens with one attached hydrogen (secondary N) is 2. The van der Waals surface area contributed by atoms with Crippen LogP contribution in [0.25, 0.3) is 0 Å². The molecule has 8 atom stereocenters. The second-order valence-corrected chi connectivity index (χ2v) is 17.0. The third kappa shape index (κ3) is 4.90. The summed E-state index contributed by atoms with van der Waals surface area (Å²) in [5, 5.41) is 5.82. The Morgan fingerprint density at radius 3 is 2.36 bits per heavy atom. The van der Waals surface area contributed by atoms with Crippen molar-refractivity contribution in [3.05, 3.63) is 11.6 Å². The molecule has 0 bridgehead atoms. The van der Waals surface area contributed by atoms with E-state index in [0.717, 1.165) is 32.1 Å². The van der Waals surface area contributed by atoms with Crippen LogP contribution in [0.2, 0.25) is 0 Å². The molecule has 6 nitrogen and oxygen atoms in total. The topological polar surface area (TPSA) is 84.5 Å². The lowest BCUT2D eigenvalue weighted by molar-refractivity contribution is -0.185. The highest BCUT2D eigenvalue weighted by molar-refractivity contribution is 5.95. The largest absolute Gasteiger partial charge is 0.361 e. The van der Waals surface area contributed by atoms with Crippen LogP contribution in [0.4, 0.5) is 0 Å². The summed E-state index contributed by atoms with van der Waals surface area (Å²) >= 11 is 0. The van der Waals surface area contributed by atoms with E-state index in [1.807, 2.05) is 0 Å². The summed E-state index contributed by atoms with van der Waals surface area (Å²) in [6.07, 6.45) is 13.8.